The molecule has 0 amide bonds. The molecule has 1 aliphatic heterocycles. The summed E-state index contributed by atoms with van der Waals surface area (Å²) in [5.41, 5.74) is 0. The number of likely N-dealkylation sites (tertiary alicyclic amines) is 1. The first-order valence-electron chi connectivity index (χ1n) is 9.74. The Bertz CT molecular complexity index is 350. The zero-order valence-electron chi connectivity index (χ0n) is 15.8. The fourth-order valence-electron chi connectivity index (χ4n) is 4.06. The van der Waals surface area contributed by atoms with Crippen molar-refractivity contribution < 1.29 is 0 Å². The Hall–Kier alpha value is -0.770. The molecule has 1 aliphatic carbocycles. The van der Waals surface area contributed by atoms with Crippen LogP contribution in [0.4, 0.5) is 0 Å². The number of nitrogens with one attached hydrogen (secondary N) is 2. The minimum absolute atomic E-state index is 0.611. The Balaban J connectivity index is 1.62. The molecule has 0 unspecified atom stereocenters. The lowest BCUT2D eigenvalue weighted by Crippen LogP contribution is -2.45. The molecule has 134 valence electrons. The Morgan fingerprint density at radius 3 is 2.30 bits per heavy atom. The van der Waals surface area contributed by atoms with Crippen molar-refractivity contribution in [1.82, 2.24) is 15.5 Å². The molecule has 0 atom stereocenters. The molecule has 2 fully saturated rings. The first kappa shape index (κ1) is 18.6. The molecule has 0 radical (unpaired) electrons. The summed E-state index contributed by atoms with van der Waals surface area (Å²) in [4.78, 5) is 6.86. The number of hydrogen-bond acceptors (Lipinski definition) is 2. The second-order valence-corrected chi connectivity index (χ2v) is 8.03. The predicted molar refractivity (Wildman–Crippen MR) is 99.9 cm³/mol. The maximum atomic E-state index is 4.42. The van der Waals surface area contributed by atoms with E-state index in [4.69, 9.17) is 0 Å². The molecule has 2 aliphatic rings. The molecule has 1 saturated carbocycles. The van der Waals surface area contributed by atoms with Gasteiger partial charge >= 0.3 is 0 Å². The third kappa shape index (κ3) is 6.33. The third-order valence-electron chi connectivity index (χ3n) is 5.96. The SMILES string of the molecule is CN=C(NCCC1CCN(C)CC1)NC1CCC(C(C)C)CC1. The van der Waals surface area contributed by atoms with E-state index in [1.165, 1.54) is 58.0 Å². The van der Waals surface area contributed by atoms with Crippen LogP contribution in [0, 0.1) is 17.8 Å². The lowest BCUT2D eigenvalue weighted by atomic mass is 9.80. The van der Waals surface area contributed by atoms with Gasteiger partial charge in [-0.1, -0.05) is 13.8 Å². The Morgan fingerprint density at radius 2 is 1.74 bits per heavy atom. The van der Waals surface area contributed by atoms with Crippen molar-refractivity contribution in [3.8, 4) is 0 Å². The largest absolute Gasteiger partial charge is 0.356 e. The standard InChI is InChI=1S/C19H38N4/c1-15(2)17-5-7-18(8-6-17)22-19(20-3)21-12-9-16-10-13-23(4)14-11-16/h15-18H,5-14H2,1-4H3,(H2,20,21,22). The van der Waals surface area contributed by atoms with Gasteiger partial charge in [-0.05, 0) is 82.8 Å². The van der Waals surface area contributed by atoms with Gasteiger partial charge in [0.05, 0.1) is 0 Å². The minimum atomic E-state index is 0.611. The summed E-state index contributed by atoms with van der Waals surface area (Å²) < 4.78 is 0. The first-order valence-corrected chi connectivity index (χ1v) is 9.74. The van der Waals surface area contributed by atoms with Crippen LogP contribution in [0.2, 0.25) is 0 Å². The van der Waals surface area contributed by atoms with E-state index < -0.39 is 0 Å². The van der Waals surface area contributed by atoms with Crippen molar-refractivity contribution in [2.24, 2.45) is 22.7 Å². The highest BCUT2D eigenvalue weighted by atomic mass is 15.2. The molecular weight excluding hydrogens is 284 g/mol. The van der Waals surface area contributed by atoms with Gasteiger partial charge in [-0.25, -0.2) is 0 Å². The number of rotatable bonds is 5. The Morgan fingerprint density at radius 1 is 1.09 bits per heavy atom. The zero-order chi connectivity index (χ0) is 16.7. The molecule has 1 heterocycles. The van der Waals surface area contributed by atoms with Crippen LogP contribution in [0.1, 0.15) is 58.8 Å². The van der Waals surface area contributed by atoms with Gasteiger partial charge in [0.1, 0.15) is 0 Å². The van der Waals surface area contributed by atoms with Gasteiger partial charge in [-0.15, -0.1) is 0 Å². The fraction of sp³-hybridized carbons (Fsp3) is 0.947. The summed E-state index contributed by atoms with van der Waals surface area (Å²) in [5, 5.41) is 7.18. The highest BCUT2D eigenvalue weighted by Crippen LogP contribution is 2.29. The second kappa shape index (κ2) is 9.51. The van der Waals surface area contributed by atoms with Crippen LogP contribution in [0.15, 0.2) is 4.99 Å². The van der Waals surface area contributed by atoms with E-state index in [0.717, 1.165) is 30.3 Å². The highest BCUT2D eigenvalue weighted by Gasteiger charge is 2.23. The van der Waals surface area contributed by atoms with E-state index in [1.807, 2.05) is 7.05 Å². The number of aliphatic imine (C=N–C) groups is 1. The number of nitrogens with zero attached hydrogens (tertiary/aromatic N) is 2. The van der Waals surface area contributed by atoms with Crippen molar-refractivity contribution in [3.05, 3.63) is 0 Å². The summed E-state index contributed by atoms with van der Waals surface area (Å²) in [6.45, 7) is 8.30. The lowest BCUT2D eigenvalue weighted by Gasteiger charge is -2.32. The van der Waals surface area contributed by atoms with Crippen LogP contribution in [0.3, 0.4) is 0 Å². The van der Waals surface area contributed by atoms with Crippen LogP contribution >= 0.6 is 0 Å². The number of guanidine groups is 1. The smallest absolute Gasteiger partial charge is 0.191 e. The topological polar surface area (TPSA) is 39.7 Å². The van der Waals surface area contributed by atoms with Gasteiger partial charge in [0.25, 0.3) is 0 Å². The molecule has 4 heteroatoms. The fourth-order valence-corrected chi connectivity index (χ4v) is 4.06. The second-order valence-electron chi connectivity index (χ2n) is 8.03. The van der Waals surface area contributed by atoms with Crippen LogP contribution in [-0.2, 0) is 0 Å². The van der Waals surface area contributed by atoms with Crippen molar-refractivity contribution >= 4 is 5.96 Å². The van der Waals surface area contributed by atoms with Gasteiger partial charge < -0.3 is 15.5 Å². The van der Waals surface area contributed by atoms with Crippen molar-refractivity contribution in [2.45, 2.75) is 64.8 Å². The van der Waals surface area contributed by atoms with Crippen molar-refractivity contribution in [2.75, 3.05) is 33.7 Å². The summed E-state index contributed by atoms with van der Waals surface area (Å²) in [5.74, 6) is 3.65. The van der Waals surface area contributed by atoms with E-state index in [0.29, 0.717) is 6.04 Å². The maximum absolute atomic E-state index is 4.42. The molecule has 23 heavy (non-hydrogen) atoms. The van der Waals surface area contributed by atoms with Gasteiger partial charge in [0.2, 0.25) is 0 Å². The van der Waals surface area contributed by atoms with Crippen LogP contribution in [-0.4, -0.2) is 50.6 Å². The molecule has 4 nitrogen and oxygen atoms in total. The van der Waals surface area contributed by atoms with Crippen molar-refractivity contribution in [3.63, 3.8) is 0 Å². The van der Waals surface area contributed by atoms with Gasteiger partial charge in [-0.3, -0.25) is 4.99 Å². The van der Waals surface area contributed by atoms with E-state index in [1.54, 1.807) is 0 Å². The molecule has 1 saturated heterocycles. The molecule has 2 N–H and O–H groups in total. The number of piperidine rings is 1. The number of hydrogen-bond donors (Lipinski definition) is 2. The summed E-state index contributed by atoms with van der Waals surface area (Å²) in [6, 6.07) is 0.611. The zero-order valence-corrected chi connectivity index (χ0v) is 15.8. The Kier molecular flexibility index (Phi) is 7.68. The quantitative estimate of drug-likeness (QED) is 0.603. The summed E-state index contributed by atoms with van der Waals surface area (Å²) in [6.07, 6.45) is 9.28. The average Bonchev–Trinajstić information content (AvgIpc) is 2.56. The van der Waals surface area contributed by atoms with E-state index in [2.05, 4.69) is 41.4 Å². The molecule has 0 aromatic carbocycles. The average molecular weight is 323 g/mol. The molecule has 2 rings (SSSR count). The molecule has 0 bridgehead atoms. The van der Waals surface area contributed by atoms with Gasteiger partial charge in [-0.2, -0.15) is 0 Å². The third-order valence-corrected chi connectivity index (χ3v) is 5.96. The molecule has 0 aromatic rings. The summed E-state index contributed by atoms with van der Waals surface area (Å²) >= 11 is 0. The highest BCUT2D eigenvalue weighted by molar-refractivity contribution is 5.79. The van der Waals surface area contributed by atoms with Crippen LogP contribution < -0.4 is 10.6 Å². The molecular formula is C19H38N4. The molecule has 0 aromatic heterocycles. The van der Waals surface area contributed by atoms with Crippen LogP contribution in [0.5, 0.6) is 0 Å². The van der Waals surface area contributed by atoms with E-state index in [-0.39, 0.29) is 0 Å². The predicted octanol–water partition coefficient (Wildman–Crippen LogP) is 3.10. The summed E-state index contributed by atoms with van der Waals surface area (Å²) in [7, 11) is 4.12. The van der Waals surface area contributed by atoms with E-state index in [9.17, 15) is 0 Å². The Labute approximate surface area is 143 Å². The molecule has 0 spiro atoms. The van der Waals surface area contributed by atoms with Gasteiger partial charge in [0.15, 0.2) is 5.96 Å². The maximum Gasteiger partial charge on any atom is 0.191 e. The minimum Gasteiger partial charge on any atom is -0.356 e. The first-order chi connectivity index (χ1) is 11.1. The lowest BCUT2D eigenvalue weighted by molar-refractivity contribution is 0.213. The van der Waals surface area contributed by atoms with E-state index >= 15 is 0 Å². The van der Waals surface area contributed by atoms with Gasteiger partial charge in [0, 0.05) is 19.6 Å². The monoisotopic (exact) mass is 322 g/mol. The van der Waals surface area contributed by atoms with Crippen LogP contribution in [0.25, 0.3) is 0 Å². The van der Waals surface area contributed by atoms with Crippen molar-refractivity contribution in [1.29, 1.82) is 0 Å². The normalized spacial score (nSPS) is 28.1.